The Bertz CT molecular complexity index is 1450. The van der Waals surface area contributed by atoms with Crippen molar-refractivity contribution >= 4 is 0 Å². The number of rotatable bonds is 10. The molecule has 0 heterocycles. The Morgan fingerprint density at radius 2 is 0.494 bits per heavy atom. The van der Waals surface area contributed by atoms with Gasteiger partial charge in [-0.05, 0) is 141 Å². The van der Waals surface area contributed by atoms with Gasteiger partial charge in [-0.15, -0.1) is 0 Å². The van der Waals surface area contributed by atoms with E-state index >= 15 is 0 Å². The van der Waals surface area contributed by atoms with E-state index in [9.17, 15) is 0 Å². The van der Waals surface area contributed by atoms with Crippen molar-refractivity contribution in [2.45, 2.75) is 428 Å². The Labute approximate surface area is 565 Å². The van der Waals surface area contributed by atoms with Crippen LogP contribution in [-0.4, -0.2) is 0 Å². The van der Waals surface area contributed by atoms with E-state index in [0.29, 0.717) is 75.8 Å². The Balaban J connectivity index is -0.0000000948. The van der Waals surface area contributed by atoms with Gasteiger partial charge in [0.05, 0.1) is 0 Å². The summed E-state index contributed by atoms with van der Waals surface area (Å²) in [4.78, 5) is 0. The normalized spacial score (nSPS) is 14.2. The molecule has 87 heavy (non-hydrogen) atoms. The molecule has 0 spiro atoms. The van der Waals surface area contributed by atoms with E-state index < -0.39 is 0 Å². The fourth-order valence-electron chi connectivity index (χ4n) is 6.15. The molecule has 0 aliphatic rings. The van der Waals surface area contributed by atoms with Crippen LogP contribution in [0.2, 0.25) is 0 Å². The van der Waals surface area contributed by atoms with E-state index in [1.54, 1.807) is 0 Å². The molecule has 0 bridgehead atoms. The molecule has 0 saturated carbocycles. The molecular formula is C87H194. The largest absolute Gasteiger partial charge is 0.0651 e. The van der Waals surface area contributed by atoms with Crippen LogP contribution in [0.4, 0.5) is 0 Å². The lowest BCUT2D eigenvalue weighted by atomic mass is 9.63. The van der Waals surface area contributed by atoms with E-state index in [-0.39, 0.29) is 0 Å². The number of hydrogen-bond acceptors (Lipinski definition) is 0. The Hall–Kier alpha value is 0. The highest BCUT2D eigenvalue weighted by atomic mass is 14.4. The zero-order chi connectivity index (χ0) is 74.5. The summed E-state index contributed by atoms with van der Waals surface area (Å²) in [5.41, 5.74) is 6.45. The summed E-state index contributed by atoms with van der Waals surface area (Å²) < 4.78 is 0. The molecule has 542 valence electrons. The molecule has 0 nitrogen and oxygen atoms in total. The van der Waals surface area contributed by atoms with Gasteiger partial charge in [-0.2, -0.15) is 0 Å². The summed E-state index contributed by atoms with van der Waals surface area (Å²) in [6.45, 7) is 135. The van der Waals surface area contributed by atoms with Gasteiger partial charge in [0, 0.05) is 0 Å². The maximum absolute atomic E-state index is 2.34. The van der Waals surface area contributed by atoms with Gasteiger partial charge >= 0.3 is 0 Å². The molecule has 0 unspecified atom stereocenters. The predicted molar refractivity (Wildman–Crippen MR) is 421 cm³/mol. The molecule has 0 radical (unpaired) electrons. The first-order valence-electron chi connectivity index (χ1n) is 36.9. The van der Waals surface area contributed by atoms with Crippen molar-refractivity contribution in [3.05, 3.63) is 0 Å². The molecular weight excluding hydrogens is 1040 g/mol. The van der Waals surface area contributed by atoms with Crippen LogP contribution in [0.25, 0.3) is 0 Å². The average Bonchev–Trinajstić information content (AvgIpc) is 3.26. The molecule has 0 saturated heterocycles. The van der Waals surface area contributed by atoms with Gasteiger partial charge in [0.1, 0.15) is 0 Å². The van der Waals surface area contributed by atoms with Crippen molar-refractivity contribution in [2.24, 2.45) is 141 Å². The van der Waals surface area contributed by atoms with Crippen LogP contribution < -0.4 is 0 Å². The molecule has 2 atom stereocenters. The molecule has 0 N–H and O–H groups in total. The van der Waals surface area contributed by atoms with Gasteiger partial charge in [-0.25, -0.2) is 0 Å². The molecule has 0 heteroatoms. The van der Waals surface area contributed by atoms with Crippen LogP contribution in [0, 0.1) is 141 Å². The zero-order valence-corrected chi connectivity index (χ0v) is 74.5. The molecule has 0 aromatic carbocycles. The van der Waals surface area contributed by atoms with Crippen molar-refractivity contribution in [3.63, 3.8) is 0 Å². The van der Waals surface area contributed by atoms with Crippen LogP contribution >= 0.6 is 0 Å². The summed E-state index contributed by atoms with van der Waals surface area (Å²) in [7, 11) is 0. The third kappa shape index (κ3) is 56.1. The molecule has 0 fully saturated rings. The van der Waals surface area contributed by atoms with Crippen LogP contribution in [0.3, 0.4) is 0 Å². The highest BCUT2D eigenvalue weighted by Crippen LogP contribution is 2.44. The van der Waals surface area contributed by atoms with Crippen LogP contribution in [0.15, 0.2) is 0 Å². The highest BCUT2D eigenvalue weighted by Gasteiger charge is 2.36. The van der Waals surface area contributed by atoms with Gasteiger partial charge in [-0.3, -0.25) is 0 Å². The highest BCUT2D eigenvalue weighted by molar-refractivity contribution is 4.85. The molecule has 0 aromatic rings. The van der Waals surface area contributed by atoms with E-state index in [1.165, 1.54) is 19.3 Å². The molecule has 0 aliphatic carbocycles. The minimum absolute atomic E-state index is 0.418. The first-order valence-corrected chi connectivity index (χ1v) is 36.9. The van der Waals surface area contributed by atoms with Crippen molar-refractivity contribution in [1.82, 2.24) is 0 Å². The zero-order valence-electron chi connectivity index (χ0n) is 74.5. The van der Waals surface area contributed by atoms with E-state index in [0.717, 1.165) is 65.1 Å². The minimum Gasteiger partial charge on any atom is -0.0651 e. The van der Waals surface area contributed by atoms with E-state index in [4.69, 9.17) is 0 Å². The summed E-state index contributed by atoms with van der Waals surface area (Å²) in [6, 6.07) is 0. The van der Waals surface area contributed by atoms with Gasteiger partial charge in [0.15, 0.2) is 0 Å². The fraction of sp³-hybridized carbons (Fsp3) is 1.00. The first-order chi connectivity index (χ1) is 36.9. The lowest BCUT2D eigenvalue weighted by molar-refractivity contribution is 0.0737. The van der Waals surface area contributed by atoms with Crippen LogP contribution in [-0.2, 0) is 0 Å². The lowest BCUT2D eigenvalue weighted by Gasteiger charge is -2.42. The monoisotopic (exact) mass is 1240 g/mol. The second-order valence-electron chi connectivity index (χ2n) is 43.1. The summed E-state index contributed by atoms with van der Waals surface area (Å²) in [6.07, 6.45) is 3.84. The third-order valence-electron chi connectivity index (χ3n) is 25.4. The average molecular weight is 1240 g/mol. The topological polar surface area (TPSA) is 0 Å². The van der Waals surface area contributed by atoms with Crippen molar-refractivity contribution < 1.29 is 0 Å². The van der Waals surface area contributed by atoms with E-state index in [1.807, 2.05) is 0 Å². The summed E-state index contributed by atoms with van der Waals surface area (Å²) in [5.74, 6) is 8.94. The van der Waals surface area contributed by atoms with Crippen molar-refractivity contribution in [2.75, 3.05) is 0 Å². The number of hydrogen-bond donors (Lipinski definition) is 0. The Kier molecular flexibility index (Phi) is 53.8. The predicted octanol–water partition coefficient (Wildman–Crippen LogP) is 32.8. The molecule has 0 aromatic heterocycles. The summed E-state index contributed by atoms with van der Waals surface area (Å²) >= 11 is 0. The van der Waals surface area contributed by atoms with Gasteiger partial charge < -0.3 is 0 Å². The van der Waals surface area contributed by atoms with Gasteiger partial charge in [0.2, 0.25) is 0 Å². The summed E-state index contributed by atoms with van der Waals surface area (Å²) in [5, 5.41) is 0. The van der Waals surface area contributed by atoms with Gasteiger partial charge in [0.25, 0.3) is 0 Å². The SMILES string of the molecule is CC(C(C)(C)C)C(C)(C)C.CC(C)(C)C(C)(C)C.CC(C)(C)C(C)(C)C.CC(C)C(C)(C)C(C)(C)C.CC(C)C(C)(C)C(C)C.CC(C)C(C)C(C)C.CC(C)[C@@H](C)C(C)(C)C.CCC(C)(C)C(C)(C)C.CCC(C)(C)C(C)C.CC[C@@H](C)C(C)(C)C. The van der Waals surface area contributed by atoms with Crippen LogP contribution in [0.1, 0.15) is 428 Å². The Morgan fingerprint density at radius 1 is 0.241 bits per heavy atom. The molecule has 0 amide bonds. The smallest absolute Gasteiger partial charge is 0.0283 e. The van der Waals surface area contributed by atoms with Crippen molar-refractivity contribution in [3.8, 4) is 0 Å². The van der Waals surface area contributed by atoms with Gasteiger partial charge in [-0.1, -0.05) is 428 Å². The van der Waals surface area contributed by atoms with E-state index in [2.05, 4.69) is 409 Å². The third-order valence-corrected chi connectivity index (χ3v) is 25.4. The lowest BCUT2D eigenvalue weighted by Crippen LogP contribution is -2.34. The molecule has 0 aliphatic heterocycles. The second-order valence-corrected chi connectivity index (χ2v) is 43.1. The Morgan fingerprint density at radius 3 is 0.494 bits per heavy atom. The maximum Gasteiger partial charge on any atom is -0.0283 e. The van der Waals surface area contributed by atoms with Crippen molar-refractivity contribution in [1.29, 1.82) is 0 Å². The quantitative estimate of drug-likeness (QED) is 0.205. The first kappa shape index (κ1) is 109. The maximum atomic E-state index is 2.34. The second kappa shape index (κ2) is 43.1. The standard InChI is InChI=1S/2C10H22.3C9H20.5C8H18/c1-8(9(2,3)4)10(5,6)7;1-8(2)10(6,7)9(3,4)5;1-7-9(5,6)8(2,3)4;1-7(2)8(3)9(4,5)6;1-7(2)9(5,6)8(3)4;2*1-7(2,3)8(4,5)6;1-6-7(2)8(3,4)5;1-6-8(4,5)7(2)3;1-6(2)8(5)7(3)4/h2*8H,1-7H3;7H2,1-6H3;2*7-8H,1-6H3;2*1-6H3;2*7H,6H2,1-5H3;6-8H,1-5H3/t;;;8-;;;;7-;;/m...1...1../s1. The van der Waals surface area contributed by atoms with Crippen LogP contribution in [0.5, 0.6) is 0 Å². The minimum atomic E-state index is 0.418. The fourth-order valence-corrected chi connectivity index (χ4v) is 6.15. The molecule has 0 rings (SSSR count).